The van der Waals surface area contributed by atoms with Gasteiger partial charge >= 0.3 is 0 Å². The lowest BCUT2D eigenvalue weighted by Gasteiger charge is -2.16. The second-order valence-corrected chi connectivity index (χ2v) is 7.15. The number of nitrogens with zero attached hydrogens (tertiary/aromatic N) is 1. The van der Waals surface area contributed by atoms with Gasteiger partial charge in [-0.2, -0.15) is 0 Å². The SMILES string of the molecule is CCCOc1cccc(CNC(=O)CN2C[C@@H](N)[C@H](c3ccccc3)C2)c1. The highest BCUT2D eigenvalue weighted by molar-refractivity contribution is 5.78. The van der Waals surface area contributed by atoms with Crippen molar-refractivity contribution in [2.75, 3.05) is 26.2 Å². The average Bonchev–Trinajstić information content (AvgIpc) is 3.06. The molecule has 1 heterocycles. The molecule has 3 N–H and O–H groups in total. The molecule has 5 heteroatoms. The summed E-state index contributed by atoms with van der Waals surface area (Å²) in [6, 6.07) is 18.2. The fourth-order valence-electron chi connectivity index (χ4n) is 3.52. The standard InChI is InChI=1S/C22H29N3O2/c1-2-11-27-19-10-6-7-17(12-19)13-24-22(26)16-25-14-20(21(23)15-25)18-8-4-3-5-9-18/h3-10,12,20-21H,2,11,13-16,23H2,1H3,(H,24,26)/t20-,21+/m0/s1. The highest BCUT2D eigenvalue weighted by Crippen LogP contribution is 2.26. The highest BCUT2D eigenvalue weighted by atomic mass is 16.5. The number of rotatable bonds is 8. The first-order valence-electron chi connectivity index (χ1n) is 9.67. The van der Waals surface area contributed by atoms with Crippen LogP contribution in [0.3, 0.4) is 0 Å². The van der Waals surface area contributed by atoms with Gasteiger partial charge in [0, 0.05) is 31.6 Å². The molecule has 5 nitrogen and oxygen atoms in total. The predicted octanol–water partition coefficient (Wildman–Crippen LogP) is 2.52. The number of hydrogen-bond acceptors (Lipinski definition) is 4. The van der Waals surface area contributed by atoms with E-state index in [-0.39, 0.29) is 17.9 Å². The largest absolute Gasteiger partial charge is 0.494 e. The molecule has 0 aromatic heterocycles. The van der Waals surface area contributed by atoms with Gasteiger partial charge in [0.1, 0.15) is 5.75 Å². The van der Waals surface area contributed by atoms with Crippen LogP contribution in [0.2, 0.25) is 0 Å². The van der Waals surface area contributed by atoms with Gasteiger partial charge in [-0.3, -0.25) is 9.69 Å². The number of nitrogens with one attached hydrogen (secondary N) is 1. The number of hydrogen-bond donors (Lipinski definition) is 2. The van der Waals surface area contributed by atoms with Gasteiger partial charge in [0.05, 0.1) is 13.2 Å². The Kier molecular flexibility index (Phi) is 6.85. The average molecular weight is 367 g/mol. The summed E-state index contributed by atoms with van der Waals surface area (Å²) in [6.45, 7) is 5.23. The molecule has 1 aliphatic rings. The molecule has 2 atom stereocenters. The third kappa shape index (κ3) is 5.55. The molecular weight excluding hydrogens is 338 g/mol. The van der Waals surface area contributed by atoms with Gasteiger partial charge in [-0.1, -0.05) is 49.4 Å². The molecule has 0 unspecified atom stereocenters. The second kappa shape index (κ2) is 9.53. The number of likely N-dealkylation sites (tertiary alicyclic amines) is 1. The Morgan fingerprint density at radius 2 is 2.00 bits per heavy atom. The third-order valence-corrected chi connectivity index (χ3v) is 4.90. The molecule has 144 valence electrons. The van der Waals surface area contributed by atoms with Crippen LogP contribution in [0.15, 0.2) is 54.6 Å². The van der Waals surface area contributed by atoms with Crippen LogP contribution < -0.4 is 15.8 Å². The molecule has 0 bridgehead atoms. The van der Waals surface area contributed by atoms with Gasteiger partial charge in [-0.25, -0.2) is 0 Å². The zero-order valence-corrected chi connectivity index (χ0v) is 15.9. The predicted molar refractivity (Wildman–Crippen MR) is 108 cm³/mol. The summed E-state index contributed by atoms with van der Waals surface area (Å²) in [5, 5.41) is 3.00. The quantitative estimate of drug-likeness (QED) is 0.752. The van der Waals surface area contributed by atoms with Crippen molar-refractivity contribution in [2.45, 2.75) is 31.8 Å². The third-order valence-electron chi connectivity index (χ3n) is 4.90. The van der Waals surface area contributed by atoms with E-state index in [2.05, 4.69) is 29.3 Å². The van der Waals surface area contributed by atoms with Gasteiger partial charge in [0.2, 0.25) is 5.91 Å². The Morgan fingerprint density at radius 3 is 2.78 bits per heavy atom. The number of ether oxygens (including phenoxy) is 1. The maximum absolute atomic E-state index is 12.4. The fourth-order valence-corrected chi connectivity index (χ4v) is 3.52. The summed E-state index contributed by atoms with van der Waals surface area (Å²) in [6.07, 6.45) is 0.975. The van der Waals surface area contributed by atoms with Crippen molar-refractivity contribution in [1.29, 1.82) is 0 Å². The topological polar surface area (TPSA) is 67.6 Å². The fraction of sp³-hybridized carbons (Fsp3) is 0.409. The Labute approximate surface area is 161 Å². The first-order valence-corrected chi connectivity index (χ1v) is 9.67. The van der Waals surface area contributed by atoms with Crippen LogP contribution in [0, 0.1) is 0 Å². The summed E-state index contributed by atoms with van der Waals surface area (Å²) >= 11 is 0. The summed E-state index contributed by atoms with van der Waals surface area (Å²) in [5.74, 6) is 1.15. The van der Waals surface area contributed by atoms with E-state index in [9.17, 15) is 4.79 Å². The van der Waals surface area contributed by atoms with Crippen LogP contribution in [0.5, 0.6) is 5.75 Å². The van der Waals surface area contributed by atoms with Crippen molar-refractivity contribution in [3.63, 3.8) is 0 Å². The molecule has 3 rings (SSSR count). The minimum atomic E-state index is 0.0239. The lowest BCUT2D eigenvalue weighted by Crippen LogP contribution is -2.37. The van der Waals surface area contributed by atoms with Gasteiger partial charge in [-0.15, -0.1) is 0 Å². The van der Waals surface area contributed by atoms with Crippen LogP contribution in [0.1, 0.15) is 30.4 Å². The van der Waals surface area contributed by atoms with Crippen molar-refractivity contribution >= 4 is 5.91 Å². The van der Waals surface area contributed by atoms with E-state index < -0.39 is 0 Å². The number of carbonyl (C=O) groups excluding carboxylic acids is 1. The lowest BCUT2D eigenvalue weighted by molar-refractivity contribution is -0.122. The van der Waals surface area contributed by atoms with E-state index in [0.717, 1.165) is 30.8 Å². The lowest BCUT2D eigenvalue weighted by atomic mass is 9.95. The van der Waals surface area contributed by atoms with Crippen LogP contribution in [-0.4, -0.2) is 43.1 Å². The Morgan fingerprint density at radius 1 is 1.19 bits per heavy atom. The normalized spacial score (nSPS) is 19.8. The summed E-state index contributed by atoms with van der Waals surface area (Å²) in [4.78, 5) is 14.5. The van der Waals surface area contributed by atoms with E-state index in [0.29, 0.717) is 19.7 Å². The van der Waals surface area contributed by atoms with Gasteiger partial charge in [-0.05, 0) is 29.7 Å². The molecule has 1 fully saturated rings. The van der Waals surface area contributed by atoms with E-state index >= 15 is 0 Å². The van der Waals surface area contributed by atoms with Crippen molar-refractivity contribution in [3.05, 3.63) is 65.7 Å². The molecule has 0 radical (unpaired) electrons. The molecular formula is C22H29N3O2. The van der Waals surface area contributed by atoms with Gasteiger partial charge in [0.25, 0.3) is 0 Å². The zero-order chi connectivity index (χ0) is 19.1. The Hall–Kier alpha value is -2.37. The minimum Gasteiger partial charge on any atom is -0.494 e. The molecule has 2 aromatic carbocycles. The van der Waals surface area contributed by atoms with Crippen LogP contribution in [0.4, 0.5) is 0 Å². The molecule has 0 saturated carbocycles. The second-order valence-electron chi connectivity index (χ2n) is 7.15. The Bertz CT molecular complexity index is 735. The van der Waals surface area contributed by atoms with E-state index in [1.165, 1.54) is 5.56 Å². The van der Waals surface area contributed by atoms with Crippen LogP contribution in [-0.2, 0) is 11.3 Å². The monoisotopic (exact) mass is 367 g/mol. The van der Waals surface area contributed by atoms with Crippen molar-refractivity contribution in [3.8, 4) is 5.75 Å². The van der Waals surface area contributed by atoms with Crippen LogP contribution >= 0.6 is 0 Å². The molecule has 1 amide bonds. The smallest absolute Gasteiger partial charge is 0.234 e. The van der Waals surface area contributed by atoms with E-state index in [1.807, 2.05) is 42.5 Å². The van der Waals surface area contributed by atoms with Crippen molar-refractivity contribution < 1.29 is 9.53 Å². The maximum Gasteiger partial charge on any atom is 0.234 e. The Balaban J connectivity index is 1.47. The minimum absolute atomic E-state index is 0.0239. The molecule has 27 heavy (non-hydrogen) atoms. The number of nitrogens with two attached hydrogens (primary N) is 1. The highest BCUT2D eigenvalue weighted by Gasteiger charge is 2.31. The molecule has 0 spiro atoms. The first kappa shape index (κ1) is 19.4. The van der Waals surface area contributed by atoms with E-state index in [1.54, 1.807) is 0 Å². The van der Waals surface area contributed by atoms with Gasteiger partial charge < -0.3 is 15.8 Å². The first-order chi connectivity index (χ1) is 13.2. The summed E-state index contributed by atoms with van der Waals surface area (Å²) in [5.41, 5.74) is 8.60. The van der Waals surface area contributed by atoms with Crippen molar-refractivity contribution in [2.24, 2.45) is 5.73 Å². The van der Waals surface area contributed by atoms with E-state index in [4.69, 9.17) is 10.5 Å². The maximum atomic E-state index is 12.4. The summed E-state index contributed by atoms with van der Waals surface area (Å²) < 4.78 is 5.64. The molecule has 0 aliphatic carbocycles. The summed E-state index contributed by atoms with van der Waals surface area (Å²) in [7, 11) is 0. The molecule has 1 aliphatic heterocycles. The molecule has 2 aromatic rings. The zero-order valence-electron chi connectivity index (χ0n) is 15.9. The van der Waals surface area contributed by atoms with Crippen LogP contribution in [0.25, 0.3) is 0 Å². The van der Waals surface area contributed by atoms with Crippen molar-refractivity contribution in [1.82, 2.24) is 10.2 Å². The number of benzene rings is 2. The molecule has 1 saturated heterocycles. The number of amides is 1. The van der Waals surface area contributed by atoms with Gasteiger partial charge in [0.15, 0.2) is 0 Å². The number of carbonyl (C=O) groups is 1.